The van der Waals surface area contributed by atoms with Crippen LogP contribution in [0.4, 0.5) is 10.1 Å². The first kappa shape index (κ1) is 15.5. The first-order chi connectivity index (χ1) is 8.77. The largest absolute Gasteiger partial charge is 0.396 e. The molecule has 0 spiro atoms. The first-order valence-electron chi connectivity index (χ1n) is 5.35. The molecule has 0 aliphatic carbocycles. The highest BCUT2D eigenvalue weighted by Gasteiger charge is 2.21. The molecular formula is C10H13FN2O5S. The molecule has 0 aromatic heterocycles. The van der Waals surface area contributed by atoms with Crippen LogP contribution in [-0.4, -0.2) is 31.1 Å². The lowest BCUT2D eigenvalue weighted by Gasteiger charge is -2.12. The fourth-order valence-corrected chi connectivity index (χ4v) is 2.68. The van der Waals surface area contributed by atoms with Crippen LogP contribution in [0.25, 0.3) is 0 Å². The van der Waals surface area contributed by atoms with Crippen LogP contribution in [0.3, 0.4) is 0 Å². The Kier molecular flexibility index (Phi) is 4.92. The normalized spacial score (nSPS) is 13.2. The van der Waals surface area contributed by atoms with Gasteiger partial charge in [0.25, 0.3) is 0 Å². The summed E-state index contributed by atoms with van der Waals surface area (Å²) in [5.41, 5.74) is -0.789. The molecule has 106 valence electrons. The molecule has 0 aliphatic heterocycles. The number of benzene rings is 1. The van der Waals surface area contributed by atoms with Crippen molar-refractivity contribution in [2.24, 2.45) is 0 Å². The number of aliphatic hydroxyl groups excluding tert-OH is 1. The van der Waals surface area contributed by atoms with Crippen molar-refractivity contribution in [2.75, 3.05) is 6.61 Å². The standard InChI is InChI=1S/C10H13FN2O5S/c1-7(4-5-14)12-19(17,18)8-2-3-10(13(15)16)9(11)6-8/h2-3,6-7,12,14H,4-5H2,1H3. The van der Waals surface area contributed by atoms with Gasteiger partial charge in [0.1, 0.15) is 0 Å². The molecular weight excluding hydrogens is 279 g/mol. The summed E-state index contributed by atoms with van der Waals surface area (Å²) in [5.74, 6) is -1.22. The fraction of sp³-hybridized carbons (Fsp3) is 0.400. The zero-order valence-electron chi connectivity index (χ0n) is 10.0. The minimum atomic E-state index is -3.97. The van der Waals surface area contributed by atoms with E-state index in [1.807, 2.05) is 0 Å². The molecule has 1 rings (SSSR count). The predicted molar refractivity (Wildman–Crippen MR) is 64.5 cm³/mol. The molecule has 1 aromatic carbocycles. The van der Waals surface area contributed by atoms with Crippen molar-refractivity contribution < 1.29 is 22.8 Å². The zero-order chi connectivity index (χ0) is 14.6. The van der Waals surface area contributed by atoms with Crippen LogP contribution in [0, 0.1) is 15.9 Å². The number of hydrogen-bond donors (Lipinski definition) is 2. The van der Waals surface area contributed by atoms with E-state index in [0.29, 0.717) is 6.07 Å². The molecule has 0 aliphatic rings. The molecule has 1 aromatic rings. The van der Waals surface area contributed by atoms with Crippen molar-refractivity contribution >= 4 is 15.7 Å². The third-order valence-electron chi connectivity index (χ3n) is 2.34. The average molecular weight is 292 g/mol. The van der Waals surface area contributed by atoms with Gasteiger partial charge >= 0.3 is 5.69 Å². The van der Waals surface area contributed by atoms with Crippen molar-refractivity contribution in [3.05, 3.63) is 34.1 Å². The van der Waals surface area contributed by atoms with Gasteiger partial charge in [0.2, 0.25) is 15.8 Å². The molecule has 9 heteroatoms. The van der Waals surface area contributed by atoms with Gasteiger partial charge in [-0.25, -0.2) is 13.1 Å². The molecule has 1 unspecified atom stereocenters. The molecule has 0 saturated heterocycles. The second kappa shape index (κ2) is 6.04. The maximum absolute atomic E-state index is 13.3. The van der Waals surface area contributed by atoms with Crippen LogP contribution in [0.5, 0.6) is 0 Å². The molecule has 0 amide bonds. The molecule has 0 fully saturated rings. The first-order valence-corrected chi connectivity index (χ1v) is 6.83. The van der Waals surface area contributed by atoms with Crippen LogP contribution in [0.2, 0.25) is 0 Å². The number of rotatable bonds is 6. The summed E-state index contributed by atoms with van der Waals surface area (Å²) < 4.78 is 39.2. The topological polar surface area (TPSA) is 110 Å². The lowest BCUT2D eigenvalue weighted by Crippen LogP contribution is -2.33. The van der Waals surface area contributed by atoms with Crippen LogP contribution in [0.15, 0.2) is 23.1 Å². The van der Waals surface area contributed by atoms with E-state index in [9.17, 15) is 22.9 Å². The zero-order valence-corrected chi connectivity index (χ0v) is 10.9. The van der Waals surface area contributed by atoms with Crippen molar-refractivity contribution in [3.8, 4) is 0 Å². The Morgan fingerprint density at radius 1 is 1.53 bits per heavy atom. The van der Waals surface area contributed by atoms with Crippen molar-refractivity contribution in [2.45, 2.75) is 24.3 Å². The Morgan fingerprint density at radius 3 is 2.63 bits per heavy atom. The van der Waals surface area contributed by atoms with Crippen LogP contribution < -0.4 is 4.72 Å². The van der Waals surface area contributed by atoms with Crippen LogP contribution in [0.1, 0.15) is 13.3 Å². The van der Waals surface area contributed by atoms with E-state index in [0.717, 1.165) is 12.1 Å². The maximum Gasteiger partial charge on any atom is 0.304 e. The molecule has 0 bridgehead atoms. The van der Waals surface area contributed by atoms with Gasteiger partial charge in [0.05, 0.1) is 9.82 Å². The summed E-state index contributed by atoms with van der Waals surface area (Å²) in [6.45, 7) is 1.34. The van der Waals surface area contributed by atoms with Gasteiger partial charge in [-0.05, 0) is 19.4 Å². The summed E-state index contributed by atoms with van der Waals surface area (Å²) in [5, 5.41) is 19.1. The van der Waals surface area contributed by atoms with Crippen molar-refractivity contribution in [3.63, 3.8) is 0 Å². The SMILES string of the molecule is CC(CCO)NS(=O)(=O)c1ccc([N+](=O)[O-])c(F)c1. The monoisotopic (exact) mass is 292 g/mol. The number of hydrogen-bond acceptors (Lipinski definition) is 5. The van der Waals surface area contributed by atoms with Crippen LogP contribution >= 0.6 is 0 Å². The van der Waals surface area contributed by atoms with Gasteiger partial charge in [-0.2, -0.15) is 4.39 Å². The van der Waals surface area contributed by atoms with E-state index >= 15 is 0 Å². The van der Waals surface area contributed by atoms with Gasteiger partial charge in [0.15, 0.2) is 0 Å². The Labute approximate surface area is 109 Å². The van der Waals surface area contributed by atoms with Gasteiger partial charge < -0.3 is 5.11 Å². The molecule has 1 atom stereocenters. The van der Waals surface area contributed by atoms with E-state index < -0.39 is 37.4 Å². The van der Waals surface area contributed by atoms with Crippen molar-refractivity contribution in [1.29, 1.82) is 0 Å². The summed E-state index contributed by atoms with van der Waals surface area (Å²) in [4.78, 5) is 9.08. The fourth-order valence-electron chi connectivity index (χ4n) is 1.39. The summed E-state index contributed by atoms with van der Waals surface area (Å²) >= 11 is 0. The van der Waals surface area contributed by atoms with Gasteiger partial charge in [0, 0.05) is 24.8 Å². The van der Waals surface area contributed by atoms with E-state index in [2.05, 4.69) is 4.72 Å². The molecule has 0 radical (unpaired) electrons. The molecule has 0 saturated carbocycles. The van der Waals surface area contributed by atoms with Gasteiger partial charge in [-0.15, -0.1) is 0 Å². The van der Waals surface area contributed by atoms with E-state index in [1.54, 1.807) is 0 Å². The molecule has 2 N–H and O–H groups in total. The third-order valence-corrected chi connectivity index (χ3v) is 3.93. The highest BCUT2D eigenvalue weighted by atomic mass is 32.2. The lowest BCUT2D eigenvalue weighted by molar-refractivity contribution is -0.387. The van der Waals surface area contributed by atoms with E-state index in [1.165, 1.54) is 6.92 Å². The lowest BCUT2D eigenvalue weighted by atomic mass is 10.3. The summed E-state index contributed by atoms with van der Waals surface area (Å²) in [6.07, 6.45) is 0.203. The highest BCUT2D eigenvalue weighted by Crippen LogP contribution is 2.20. The predicted octanol–water partition coefficient (Wildman–Crippen LogP) is 0.783. The Bertz CT molecular complexity index is 575. The number of halogens is 1. The summed E-state index contributed by atoms with van der Waals surface area (Å²) in [6, 6.07) is 1.80. The number of nitro groups is 1. The smallest absolute Gasteiger partial charge is 0.304 e. The second-order valence-electron chi connectivity index (χ2n) is 3.90. The quantitative estimate of drug-likeness (QED) is 0.595. The Hall–Kier alpha value is -1.58. The second-order valence-corrected chi connectivity index (χ2v) is 5.62. The number of sulfonamides is 1. The minimum absolute atomic E-state index is 0.196. The minimum Gasteiger partial charge on any atom is -0.396 e. The molecule has 19 heavy (non-hydrogen) atoms. The van der Waals surface area contributed by atoms with Gasteiger partial charge in [-0.1, -0.05) is 0 Å². The number of aliphatic hydroxyl groups is 1. The number of nitrogens with zero attached hydrogens (tertiary/aromatic N) is 1. The van der Waals surface area contributed by atoms with E-state index in [-0.39, 0.29) is 13.0 Å². The van der Waals surface area contributed by atoms with E-state index in [4.69, 9.17) is 5.11 Å². The molecule has 7 nitrogen and oxygen atoms in total. The molecule has 0 heterocycles. The maximum atomic E-state index is 13.3. The Morgan fingerprint density at radius 2 is 2.16 bits per heavy atom. The Balaban J connectivity index is 3.03. The number of nitrogens with one attached hydrogen (secondary N) is 1. The number of nitro benzene ring substituents is 1. The summed E-state index contributed by atoms with van der Waals surface area (Å²) in [7, 11) is -3.97. The van der Waals surface area contributed by atoms with Gasteiger partial charge in [-0.3, -0.25) is 10.1 Å². The van der Waals surface area contributed by atoms with Crippen LogP contribution in [-0.2, 0) is 10.0 Å². The van der Waals surface area contributed by atoms with Crippen molar-refractivity contribution in [1.82, 2.24) is 4.72 Å². The third kappa shape index (κ3) is 3.94. The highest BCUT2D eigenvalue weighted by molar-refractivity contribution is 7.89. The average Bonchev–Trinajstić information content (AvgIpc) is 2.27.